The summed E-state index contributed by atoms with van der Waals surface area (Å²) < 4.78 is 6.77. The summed E-state index contributed by atoms with van der Waals surface area (Å²) in [5, 5.41) is 0. The average molecular weight is 319 g/mol. The zero-order valence-electron chi connectivity index (χ0n) is 11.8. The van der Waals surface area contributed by atoms with Crippen molar-refractivity contribution in [3.8, 4) is 16.9 Å². The van der Waals surface area contributed by atoms with E-state index in [1.807, 2.05) is 12.1 Å². The Kier molecular flexibility index (Phi) is 4.00. The van der Waals surface area contributed by atoms with Crippen LogP contribution in [0.25, 0.3) is 11.1 Å². The number of methoxy groups -OCH3 is 1. The molecule has 0 heterocycles. The van der Waals surface area contributed by atoms with Crippen LogP contribution in [0.1, 0.15) is 26.3 Å². The molecule has 2 rings (SSSR count). The van der Waals surface area contributed by atoms with Crippen LogP contribution >= 0.6 is 15.9 Å². The van der Waals surface area contributed by atoms with Gasteiger partial charge in [-0.2, -0.15) is 0 Å². The molecular formula is C17H19BrO. The minimum absolute atomic E-state index is 0.0581. The van der Waals surface area contributed by atoms with Gasteiger partial charge in [-0.1, -0.05) is 73.1 Å². The Balaban J connectivity index is 2.69. The first-order chi connectivity index (χ1) is 8.95. The van der Waals surface area contributed by atoms with Crippen molar-refractivity contribution in [1.29, 1.82) is 0 Å². The minimum Gasteiger partial charge on any atom is -0.496 e. The maximum atomic E-state index is 5.69. The molecule has 0 unspecified atom stereocenters. The first-order valence-electron chi connectivity index (χ1n) is 6.37. The molecule has 2 aromatic rings. The van der Waals surface area contributed by atoms with E-state index in [0.29, 0.717) is 0 Å². The molecule has 0 aliphatic rings. The van der Waals surface area contributed by atoms with E-state index >= 15 is 0 Å². The molecule has 0 aromatic heterocycles. The van der Waals surface area contributed by atoms with Crippen LogP contribution in [0.4, 0.5) is 0 Å². The van der Waals surface area contributed by atoms with Crippen molar-refractivity contribution >= 4 is 15.9 Å². The Morgan fingerprint density at radius 2 is 1.53 bits per heavy atom. The van der Waals surface area contributed by atoms with Gasteiger partial charge in [0.15, 0.2) is 0 Å². The first kappa shape index (κ1) is 14.1. The molecule has 0 N–H and O–H groups in total. The highest BCUT2D eigenvalue weighted by Crippen LogP contribution is 2.41. The van der Waals surface area contributed by atoms with E-state index in [1.54, 1.807) is 7.11 Å². The minimum atomic E-state index is 0.0581. The van der Waals surface area contributed by atoms with Crippen LogP contribution in [-0.2, 0) is 5.41 Å². The topological polar surface area (TPSA) is 9.23 Å². The van der Waals surface area contributed by atoms with Crippen molar-refractivity contribution < 1.29 is 4.74 Å². The Morgan fingerprint density at radius 3 is 2.11 bits per heavy atom. The van der Waals surface area contributed by atoms with E-state index in [4.69, 9.17) is 4.74 Å². The number of halogens is 1. The molecule has 100 valence electrons. The third kappa shape index (κ3) is 2.84. The molecule has 0 aliphatic heterocycles. The maximum absolute atomic E-state index is 5.69. The molecule has 0 atom stereocenters. The molecule has 0 bridgehead atoms. The molecule has 0 aliphatic carbocycles. The molecule has 2 heteroatoms. The third-order valence-electron chi connectivity index (χ3n) is 3.19. The lowest BCUT2D eigenvalue weighted by molar-refractivity contribution is 0.399. The summed E-state index contributed by atoms with van der Waals surface area (Å²) in [5.41, 5.74) is 3.57. The number of hydrogen-bond donors (Lipinski definition) is 0. The van der Waals surface area contributed by atoms with Crippen molar-refractivity contribution in [2.75, 3.05) is 7.11 Å². The van der Waals surface area contributed by atoms with E-state index in [0.717, 1.165) is 21.3 Å². The lowest BCUT2D eigenvalue weighted by Crippen LogP contribution is -2.13. The van der Waals surface area contributed by atoms with Crippen LogP contribution in [0.2, 0.25) is 0 Å². The highest BCUT2D eigenvalue weighted by molar-refractivity contribution is 9.10. The molecule has 0 spiro atoms. The smallest absolute Gasteiger partial charge is 0.130 e. The van der Waals surface area contributed by atoms with Gasteiger partial charge in [-0.05, 0) is 17.0 Å². The molecule has 0 saturated heterocycles. The quantitative estimate of drug-likeness (QED) is 0.718. The monoisotopic (exact) mass is 318 g/mol. The summed E-state index contributed by atoms with van der Waals surface area (Å²) in [6.07, 6.45) is 0. The third-order valence-corrected chi connectivity index (χ3v) is 3.88. The Hall–Kier alpha value is -1.28. The summed E-state index contributed by atoms with van der Waals surface area (Å²) in [6.45, 7) is 6.61. The highest BCUT2D eigenvalue weighted by atomic mass is 79.9. The number of ether oxygens (including phenoxy) is 1. The SMILES string of the molecule is COc1c(-c2ccccc2Br)cccc1C(C)(C)C. The second kappa shape index (κ2) is 5.38. The van der Waals surface area contributed by atoms with Crippen molar-refractivity contribution in [2.45, 2.75) is 26.2 Å². The van der Waals surface area contributed by atoms with Crippen molar-refractivity contribution in [3.05, 3.63) is 52.5 Å². The maximum Gasteiger partial charge on any atom is 0.130 e. The number of benzene rings is 2. The van der Waals surface area contributed by atoms with Crippen LogP contribution in [-0.4, -0.2) is 7.11 Å². The van der Waals surface area contributed by atoms with Gasteiger partial charge < -0.3 is 4.74 Å². The van der Waals surface area contributed by atoms with E-state index in [2.05, 4.69) is 67.0 Å². The van der Waals surface area contributed by atoms with Gasteiger partial charge in [0.1, 0.15) is 5.75 Å². The van der Waals surface area contributed by atoms with Gasteiger partial charge in [-0.3, -0.25) is 0 Å². The summed E-state index contributed by atoms with van der Waals surface area (Å²) in [7, 11) is 1.74. The summed E-state index contributed by atoms with van der Waals surface area (Å²) in [6, 6.07) is 14.6. The lowest BCUT2D eigenvalue weighted by atomic mass is 9.84. The van der Waals surface area contributed by atoms with Crippen LogP contribution in [0.3, 0.4) is 0 Å². The normalized spacial score (nSPS) is 11.4. The molecule has 0 fully saturated rings. The molecule has 0 amide bonds. The van der Waals surface area contributed by atoms with Crippen LogP contribution < -0.4 is 4.74 Å². The number of hydrogen-bond acceptors (Lipinski definition) is 1. The highest BCUT2D eigenvalue weighted by Gasteiger charge is 2.21. The van der Waals surface area contributed by atoms with Gasteiger partial charge >= 0.3 is 0 Å². The van der Waals surface area contributed by atoms with E-state index in [1.165, 1.54) is 5.56 Å². The zero-order chi connectivity index (χ0) is 14.0. The number of rotatable bonds is 2. The van der Waals surface area contributed by atoms with Crippen molar-refractivity contribution in [3.63, 3.8) is 0 Å². The van der Waals surface area contributed by atoms with Gasteiger partial charge in [0.05, 0.1) is 7.11 Å². The summed E-state index contributed by atoms with van der Waals surface area (Å²) in [4.78, 5) is 0. The summed E-state index contributed by atoms with van der Waals surface area (Å²) >= 11 is 3.62. The molecular weight excluding hydrogens is 300 g/mol. The Morgan fingerprint density at radius 1 is 0.895 bits per heavy atom. The van der Waals surface area contributed by atoms with Crippen LogP contribution in [0.15, 0.2) is 46.9 Å². The molecule has 19 heavy (non-hydrogen) atoms. The molecule has 0 saturated carbocycles. The Bertz CT molecular complexity index is 582. The molecule has 2 aromatic carbocycles. The molecule has 1 nitrogen and oxygen atoms in total. The second-order valence-electron chi connectivity index (χ2n) is 5.62. The predicted octanol–water partition coefficient (Wildman–Crippen LogP) is 5.42. The fourth-order valence-electron chi connectivity index (χ4n) is 2.24. The largest absolute Gasteiger partial charge is 0.496 e. The number of para-hydroxylation sites is 1. The van der Waals surface area contributed by atoms with Crippen LogP contribution in [0.5, 0.6) is 5.75 Å². The van der Waals surface area contributed by atoms with E-state index < -0.39 is 0 Å². The first-order valence-corrected chi connectivity index (χ1v) is 7.17. The predicted molar refractivity (Wildman–Crippen MR) is 84.8 cm³/mol. The van der Waals surface area contributed by atoms with Gasteiger partial charge in [0.2, 0.25) is 0 Å². The zero-order valence-corrected chi connectivity index (χ0v) is 13.4. The van der Waals surface area contributed by atoms with Crippen molar-refractivity contribution in [2.24, 2.45) is 0 Å². The van der Waals surface area contributed by atoms with Gasteiger partial charge in [-0.15, -0.1) is 0 Å². The van der Waals surface area contributed by atoms with Crippen molar-refractivity contribution in [1.82, 2.24) is 0 Å². The van der Waals surface area contributed by atoms with Gasteiger partial charge in [-0.25, -0.2) is 0 Å². The lowest BCUT2D eigenvalue weighted by Gasteiger charge is -2.24. The second-order valence-corrected chi connectivity index (χ2v) is 6.47. The Labute approximate surface area is 123 Å². The average Bonchev–Trinajstić information content (AvgIpc) is 2.37. The van der Waals surface area contributed by atoms with E-state index in [9.17, 15) is 0 Å². The standard InChI is InChI=1S/C17H19BrO/c1-17(2,3)14-10-7-9-13(16(14)19-4)12-8-5-6-11-15(12)18/h5-11H,1-4H3. The van der Waals surface area contributed by atoms with Crippen LogP contribution in [0, 0.1) is 0 Å². The molecule has 0 radical (unpaired) electrons. The van der Waals surface area contributed by atoms with E-state index in [-0.39, 0.29) is 5.41 Å². The fourth-order valence-corrected chi connectivity index (χ4v) is 2.74. The van der Waals surface area contributed by atoms with Gasteiger partial charge in [0, 0.05) is 15.6 Å². The summed E-state index contributed by atoms with van der Waals surface area (Å²) in [5.74, 6) is 0.960. The fraction of sp³-hybridized carbons (Fsp3) is 0.294. The van der Waals surface area contributed by atoms with Gasteiger partial charge in [0.25, 0.3) is 0 Å².